The van der Waals surface area contributed by atoms with Gasteiger partial charge in [-0.15, -0.1) is 0 Å². The first kappa shape index (κ1) is 13.2. The molecule has 0 aliphatic rings. The van der Waals surface area contributed by atoms with E-state index >= 15 is 0 Å². The molecule has 1 aromatic rings. The third kappa shape index (κ3) is 5.51. The van der Waals surface area contributed by atoms with E-state index in [1.807, 2.05) is 0 Å². The van der Waals surface area contributed by atoms with E-state index in [2.05, 4.69) is 9.72 Å². The molecule has 84 valence electrons. The molecule has 0 aliphatic carbocycles. The van der Waals surface area contributed by atoms with Gasteiger partial charge in [-0.2, -0.15) is 0 Å². The van der Waals surface area contributed by atoms with Crippen LogP contribution in [0.25, 0.3) is 0 Å². The summed E-state index contributed by atoms with van der Waals surface area (Å²) in [7, 11) is 3.18. The van der Waals surface area contributed by atoms with Crippen molar-refractivity contribution in [2.24, 2.45) is 0 Å². The van der Waals surface area contributed by atoms with E-state index in [0.29, 0.717) is 24.6 Å². The second kappa shape index (κ2) is 8.80. The van der Waals surface area contributed by atoms with Crippen LogP contribution in [0.15, 0.2) is 18.5 Å². The van der Waals surface area contributed by atoms with Gasteiger partial charge in [-0.3, -0.25) is 9.78 Å². The lowest BCUT2D eigenvalue weighted by molar-refractivity contribution is -0.128. The normalized spacial score (nSPS) is 8.20. The average molecular weight is 213 g/mol. The Bertz CT molecular complexity index is 255. The van der Waals surface area contributed by atoms with E-state index in [9.17, 15) is 4.79 Å². The molecule has 0 aromatic carbocycles. The van der Waals surface area contributed by atoms with Crippen LogP contribution in [-0.4, -0.2) is 32.3 Å². The first-order valence-electron chi connectivity index (χ1n) is 4.37. The first-order chi connectivity index (χ1) is 7.29. The summed E-state index contributed by atoms with van der Waals surface area (Å²) < 4.78 is 14.1. The van der Waals surface area contributed by atoms with Crippen LogP contribution in [0.5, 0.6) is 11.5 Å². The summed E-state index contributed by atoms with van der Waals surface area (Å²) in [5.41, 5.74) is 0. The summed E-state index contributed by atoms with van der Waals surface area (Å²) >= 11 is 0. The minimum atomic E-state index is 0.431. The fourth-order valence-corrected chi connectivity index (χ4v) is 0.757. The molecule has 0 bridgehead atoms. The standard InChI is InChI=1S/C7H9NO2.C3H6O2/c1-9-6-3-4-8-5-7(6)10-2;1-2-5-3-4/h3-5H,1-2H3;3H,2H2,1H3. The molecule has 5 heteroatoms. The van der Waals surface area contributed by atoms with E-state index in [1.54, 1.807) is 39.6 Å². The fourth-order valence-electron chi connectivity index (χ4n) is 0.757. The molecule has 0 unspecified atom stereocenters. The van der Waals surface area contributed by atoms with E-state index in [-0.39, 0.29) is 0 Å². The highest BCUT2D eigenvalue weighted by Crippen LogP contribution is 2.23. The van der Waals surface area contributed by atoms with Gasteiger partial charge in [0.05, 0.1) is 27.0 Å². The largest absolute Gasteiger partial charge is 0.493 e. The van der Waals surface area contributed by atoms with Crippen LogP contribution < -0.4 is 9.47 Å². The van der Waals surface area contributed by atoms with Gasteiger partial charge in [0.1, 0.15) is 0 Å². The molecule has 1 heterocycles. The molecule has 0 saturated carbocycles. The summed E-state index contributed by atoms with van der Waals surface area (Å²) in [5, 5.41) is 0. The number of hydrogen-bond acceptors (Lipinski definition) is 5. The number of methoxy groups -OCH3 is 2. The lowest BCUT2D eigenvalue weighted by atomic mass is 10.4. The molecule has 0 amide bonds. The van der Waals surface area contributed by atoms with Gasteiger partial charge in [-0.05, 0) is 6.92 Å². The number of carbonyl (C=O) groups excluding carboxylic acids is 1. The predicted molar refractivity (Wildman–Crippen MR) is 55.0 cm³/mol. The van der Waals surface area contributed by atoms with Gasteiger partial charge in [-0.1, -0.05) is 0 Å². The van der Waals surface area contributed by atoms with Gasteiger partial charge in [-0.25, -0.2) is 0 Å². The Hall–Kier alpha value is -1.78. The van der Waals surface area contributed by atoms with E-state index in [0.717, 1.165) is 0 Å². The zero-order chi connectivity index (χ0) is 11.5. The van der Waals surface area contributed by atoms with Crippen LogP contribution in [-0.2, 0) is 9.53 Å². The van der Waals surface area contributed by atoms with Crippen LogP contribution >= 0.6 is 0 Å². The Kier molecular flexibility index (Phi) is 7.76. The zero-order valence-corrected chi connectivity index (χ0v) is 9.10. The van der Waals surface area contributed by atoms with Crippen molar-refractivity contribution in [3.8, 4) is 11.5 Å². The van der Waals surface area contributed by atoms with Crippen LogP contribution in [0, 0.1) is 0 Å². The molecule has 0 aliphatic heterocycles. The Morgan fingerprint density at radius 1 is 1.33 bits per heavy atom. The quantitative estimate of drug-likeness (QED) is 0.705. The Morgan fingerprint density at radius 2 is 2.00 bits per heavy atom. The van der Waals surface area contributed by atoms with Gasteiger partial charge < -0.3 is 14.2 Å². The Morgan fingerprint density at radius 3 is 2.33 bits per heavy atom. The summed E-state index contributed by atoms with van der Waals surface area (Å²) in [4.78, 5) is 13.0. The monoisotopic (exact) mass is 213 g/mol. The average Bonchev–Trinajstić information content (AvgIpc) is 2.31. The fraction of sp³-hybridized carbons (Fsp3) is 0.400. The lowest BCUT2D eigenvalue weighted by Gasteiger charge is -2.03. The summed E-state index contributed by atoms with van der Waals surface area (Å²) in [5.74, 6) is 1.36. The lowest BCUT2D eigenvalue weighted by Crippen LogP contribution is -1.89. The van der Waals surface area contributed by atoms with E-state index in [4.69, 9.17) is 9.47 Å². The maximum absolute atomic E-state index is 9.18. The molecular formula is C10H15NO4. The van der Waals surface area contributed by atoms with Crippen molar-refractivity contribution in [1.82, 2.24) is 4.98 Å². The number of ether oxygens (including phenoxy) is 3. The van der Waals surface area contributed by atoms with Gasteiger partial charge in [0.25, 0.3) is 6.47 Å². The van der Waals surface area contributed by atoms with Crippen molar-refractivity contribution in [3.63, 3.8) is 0 Å². The topological polar surface area (TPSA) is 57.7 Å². The van der Waals surface area contributed by atoms with Crippen molar-refractivity contribution in [3.05, 3.63) is 18.5 Å². The highest BCUT2D eigenvalue weighted by atomic mass is 16.5. The van der Waals surface area contributed by atoms with Crippen molar-refractivity contribution < 1.29 is 19.0 Å². The Balaban J connectivity index is 0.000000336. The smallest absolute Gasteiger partial charge is 0.293 e. The molecule has 1 aromatic heterocycles. The molecule has 1 rings (SSSR count). The summed E-state index contributed by atoms with van der Waals surface area (Å²) in [6.45, 7) is 2.66. The number of pyridine rings is 1. The molecule has 5 nitrogen and oxygen atoms in total. The number of aromatic nitrogens is 1. The zero-order valence-electron chi connectivity index (χ0n) is 9.10. The number of rotatable bonds is 4. The molecule has 0 atom stereocenters. The van der Waals surface area contributed by atoms with Crippen molar-refractivity contribution in [2.45, 2.75) is 6.92 Å². The maximum atomic E-state index is 9.18. The molecule has 0 radical (unpaired) electrons. The number of hydrogen-bond donors (Lipinski definition) is 0. The third-order valence-corrected chi connectivity index (χ3v) is 1.42. The third-order valence-electron chi connectivity index (χ3n) is 1.42. The van der Waals surface area contributed by atoms with Crippen LogP contribution in [0.2, 0.25) is 0 Å². The minimum absolute atomic E-state index is 0.431. The SMILES string of the molecule is CCOC=O.COc1ccncc1OC. The second-order valence-electron chi connectivity index (χ2n) is 2.28. The summed E-state index contributed by atoms with van der Waals surface area (Å²) in [6, 6.07) is 1.75. The number of nitrogens with zero attached hydrogens (tertiary/aromatic N) is 1. The van der Waals surface area contributed by atoms with Gasteiger partial charge in [0, 0.05) is 12.3 Å². The molecular weight excluding hydrogens is 198 g/mol. The first-order valence-corrected chi connectivity index (χ1v) is 4.37. The van der Waals surface area contributed by atoms with Crippen LogP contribution in [0.3, 0.4) is 0 Å². The molecule has 0 fully saturated rings. The second-order valence-corrected chi connectivity index (χ2v) is 2.28. The molecule has 0 saturated heterocycles. The van der Waals surface area contributed by atoms with Gasteiger partial charge >= 0.3 is 0 Å². The van der Waals surface area contributed by atoms with Crippen LogP contribution in [0.1, 0.15) is 6.92 Å². The molecule has 0 spiro atoms. The highest BCUT2D eigenvalue weighted by Gasteiger charge is 1.98. The van der Waals surface area contributed by atoms with Crippen molar-refractivity contribution >= 4 is 6.47 Å². The van der Waals surface area contributed by atoms with Gasteiger partial charge in [0.2, 0.25) is 0 Å². The highest BCUT2D eigenvalue weighted by molar-refractivity contribution is 5.36. The minimum Gasteiger partial charge on any atom is -0.493 e. The van der Waals surface area contributed by atoms with E-state index in [1.165, 1.54) is 0 Å². The van der Waals surface area contributed by atoms with E-state index < -0.39 is 0 Å². The predicted octanol–water partition coefficient (Wildman–Crippen LogP) is 1.28. The Labute approximate surface area is 89.0 Å². The number of carbonyl (C=O) groups is 1. The summed E-state index contributed by atoms with van der Waals surface area (Å²) in [6.07, 6.45) is 3.26. The van der Waals surface area contributed by atoms with Gasteiger partial charge in [0.15, 0.2) is 11.5 Å². The molecule has 0 N–H and O–H groups in total. The van der Waals surface area contributed by atoms with Crippen LogP contribution in [0.4, 0.5) is 0 Å². The van der Waals surface area contributed by atoms with Crippen molar-refractivity contribution in [2.75, 3.05) is 20.8 Å². The maximum Gasteiger partial charge on any atom is 0.293 e. The van der Waals surface area contributed by atoms with Crippen molar-refractivity contribution in [1.29, 1.82) is 0 Å². The molecule has 15 heavy (non-hydrogen) atoms.